The number of amides is 1. The molecular weight excluding hydrogens is 364 g/mol. The van der Waals surface area contributed by atoms with Crippen molar-refractivity contribution >= 4 is 23.3 Å². The molecule has 28 heavy (non-hydrogen) atoms. The van der Waals surface area contributed by atoms with Crippen LogP contribution in [-0.2, 0) is 16.0 Å². The molecule has 0 radical (unpaired) electrons. The molecule has 1 atom stereocenters. The maximum absolute atomic E-state index is 12.3. The Labute approximate surface area is 162 Å². The van der Waals surface area contributed by atoms with Crippen LogP contribution >= 0.6 is 0 Å². The van der Waals surface area contributed by atoms with Crippen LogP contribution in [0.5, 0.6) is 5.75 Å². The highest BCUT2D eigenvalue weighted by atomic mass is 16.6. The lowest BCUT2D eigenvalue weighted by Gasteiger charge is -2.14. The van der Waals surface area contributed by atoms with E-state index in [1.165, 1.54) is 19.1 Å². The molecule has 0 aromatic heterocycles. The number of esters is 1. The second-order valence-electron chi connectivity index (χ2n) is 5.96. The molecule has 0 bridgehead atoms. The summed E-state index contributed by atoms with van der Waals surface area (Å²) in [6.07, 6.45) is -0.194. The molecule has 0 saturated heterocycles. The highest BCUT2D eigenvalue weighted by molar-refractivity contribution is 5.97. The zero-order valence-electron chi connectivity index (χ0n) is 15.9. The van der Waals surface area contributed by atoms with Crippen molar-refractivity contribution in [3.63, 3.8) is 0 Å². The standard InChI is InChI=1S/C20H22N2O6/c1-4-14-6-9-16(10-7-14)21-19(23)13(3)28-20(24)15-8-11-18(27-5-2)17(12-15)22(25)26/h6-13H,4-5H2,1-3H3,(H,21,23)/t13-/m0/s1. The fourth-order valence-electron chi connectivity index (χ4n) is 2.41. The first-order valence-corrected chi connectivity index (χ1v) is 8.87. The molecule has 0 aliphatic carbocycles. The third-order valence-corrected chi connectivity index (χ3v) is 3.97. The fraction of sp³-hybridized carbons (Fsp3) is 0.300. The number of anilines is 1. The lowest BCUT2D eigenvalue weighted by molar-refractivity contribution is -0.385. The predicted molar refractivity (Wildman–Crippen MR) is 104 cm³/mol. The summed E-state index contributed by atoms with van der Waals surface area (Å²) in [6.45, 7) is 5.40. The minimum atomic E-state index is -1.08. The van der Waals surface area contributed by atoms with Gasteiger partial charge in [-0.25, -0.2) is 4.79 Å². The van der Waals surface area contributed by atoms with Gasteiger partial charge in [0.05, 0.1) is 17.1 Å². The molecule has 0 aliphatic heterocycles. The number of nitrogens with zero attached hydrogens (tertiary/aromatic N) is 1. The van der Waals surface area contributed by atoms with Crippen molar-refractivity contribution in [2.75, 3.05) is 11.9 Å². The molecule has 148 valence electrons. The van der Waals surface area contributed by atoms with Gasteiger partial charge in [-0.2, -0.15) is 0 Å². The van der Waals surface area contributed by atoms with E-state index in [0.717, 1.165) is 18.1 Å². The number of nitro groups is 1. The normalized spacial score (nSPS) is 11.4. The minimum absolute atomic E-state index is 0.0397. The summed E-state index contributed by atoms with van der Waals surface area (Å²) in [5.41, 5.74) is 1.34. The van der Waals surface area contributed by atoms with Crippen molar-refractivity contribution < 1.29 is 24.0 Å². The Morgan fingerprint density at radius 3 is 2.39 bits per heavy atom. The summed E-state index contributed by atoms with van der Waals surface area (Å²) in [5.74, 6) is -1.28. The molecular formula is C20H22N2O6. The zero-order chi connectivity index (χ0) is 20.7. The van der Waals surface area contributed by atoms with E-state index in [2.05, 4.69) is 5.32 Å². The number of carbonyl (C=O) groups is 2. The third kappa shape index (κ3) is 5.29. The molecule has 2 aromatic carbocycles. The zero-order valence-corrected chi connectivity index (χ0v) is 15.9. The Hall–Kier alpha value is -3.42. The number of nitro benzene ring substituents is 1. The van der Waals surface area contributed by atoms with Crippen LogP contribution in [0.3, 0.4) is 0 Å². The number of carbonyl (C=O) groups excluding carboxylic acids is 2. The van der Waals surface area contributed by atoms with Gasteiger partial charge < -0.3 is 14.8 Å². The quantitative estimate of drug-likeness (QED) is 0.421. The van der Waals surface area contributed by atoms with Gasteiger partial charge in [0, 0.05) is 11.8 Å². The Morgan fingerprint density at radius 1 is 1.14 bits per heavy atom. The van der Waals surface area contributed by atoms with Gasteiger partial charge in [0.15, 0.2) is 11.9 Å². The first-order valence-electron chi connectivity index (χ1n) is 8.87. The maximum Gasteiger partial charge on any atom is 0.339 e. The summed E-state index contributed by atoms with van der Waals surface area (Å²) < 4.78 is 10.3. The summed E-state index contributed by atoms with van der Waals surface area (Å²) in [4.78, 5) is 35.0. The van der Waals surface area contributed by atoms with Gasteiger partial charge in [0.2, 0.25) is 0 Å². The lowest BCUT2D eigenvalue weighted by Crippen LogP contribution is -2.30. The molecule has 2 rings (SSSR count). The van der Waals surface area contributed by atoms with E-state index in [9.17, 15) is 19.7 Å². The van der Waals surface area contributed by atoms with E-state index in [4.69, 9.17) is 9.47 Å². The van der Waals surface area contributed by atoms with E-state index in [0.29, 0.717) is 5.69 Å². The smallest absolute Gasteiger partial charge is 0.339 e. The van der Waals surface area contributed by atoms with Crippen molar-refractivity contribution in [2.24, 2.45) is 0 Å². The van der Waals surface area contributed by atoms with Crippen molar-refractivity contribution in [1.82, 2.24) is 0 Å². The molecule has 0 spiro atoms. The number of ether oxygens (including phenoxy) is 2. The van der Waals surface area contributed by atoms with Gasteiger partial charge in [0.25, 0.3) is 5.91 Å². The largest absolute Gasteiger partial charge is 0.487 e. The molecule has 0 heterocycles. The van der Waals surface area contributed by atoms with Crippen LogP contribution in [0.25, 0.3) is 0 Å². The van der Waals surface area contributed by atoms with Crippen LogP contribution in [0, 0.1) is 10.1 Å². The van der Waals surface area contributed by atoms with Gasteiger partial charge in [-0.1, -0.05) is 19.1 Å². The average Bonchev–Trinajstić information content (AvgIpc) is 2.68. The Balaban J connectivity index is 2.05. The Morgan fingerprint density at radius 2 is 1.82 bits per heavy atom. The summed E-state index contributed by atoms with van der Waals surface area (Å²) in [7, 11) is 0. The summed E-state index contributed by atoms with van der Waals surface area (Å²) >= 11 is 0. The van der Waals surface area contributed by atoms with E-state index in [1.54, 1.807) is 19.1 Å². The molecule has 1 N–H and O–H groups in total. The first kappa shape index (κ1) is 20.9. The van der Waals surface area contributed by atoms with Crippen LogP contribution in [0.15, 0.2) is 42.5 Å². The van der Waals surface area contributed by atoms with E-state index in [1.807, 2.05) is 19.1 Å². The average molecular weight is 386 g/mol. The molecule has 0 saturated carbocycles. The van der Waals surface area contributed by atoms with Gasteiger partial charge in [0.1, 0.15) is 0 Å². The monoisotopic (exact) mass is 386 g/mol. The van der Waals surface area contributed by atoms with Crippen LogP contribution in [0.2, 0.25) is 0 Å². The van der Waals surface area contributed by atoms with Crippen molar-refractivity contribution in [3.05, 3.63) is 63.7 Å². The molecule has 0 aliphatic rings. The maximum atomic E-state index is 12.3. The lowest BCUT2D eigenvalue weighted by atomic mass is 10.1. The van der Waals surface area contributed by atoms with E-state index >= 15 is 0 Å². The molecule has 0 fully saturated rings. The first-order chi connectivity index (χ1) is 13.3. The highest BCUT2D eigenvalue weighted by Crippen LogP contribution is 2.28. The Kier molecular flexibility index (Phi) is 7.08. The number of rotatable bonds is 8. The van der Waals surface area contributed by atoms with Gasteiger partial charge in [-0.3, -0.25) is 14.9 Å². The second-order valence-corrected chi connectivity index (χ2v) is 5.96. The predicted octanol–water partition coefficient (Wildman–Crippen LogP) is 3.74. The SMILES string of the molecule is CCOc1ccc(C(=O)O[C@@H](C)C(=O)Nc2ccc(CC)cc2)cc1[N+](=O)[O-]. The van der Waals surface area contributed by atoms with Gasteiger partial charge in [-0.05, 0) is 50.1 Å². The summed E-state index contributed by atoms with van der Waals surface area (Å²) in [6, 6.07) is 11.1. The molecule has 0 unspecified atom stereocenters. The van der Waals surface area contributed by atoms with Crippen LogP contribution in [0.1, 0.15) is 36.7 Å². The van der Waals surface area contributed by atoms with E-state index in [-0.39, 0.29) is 23.6 Å². The highest BCUT2D eigenvalue weighted by Gasteiger charge is 2.23. The Bertz CT molecular complexity index is 863. The van der Waals surface area contributed by atoms with E-state index < -0.39 is 22.9 Å². The van der Waals surface area contributed by atoms with Crippen molar-refractivity contribution in [2.45, 2.75) is 33.3 Å². The number of aryl methyl sites for hydroxylation is 1. The summed E-state index contributed by atoms with van der Waals surface area (Å²) in [5, 5.41) is 13.8. The fourth-order valence-corrected chi connectivity index (χ4v) is 2.41. The van der Waals surface area contributed by atoms with Crippen molar-refractivity contribution in [1.29, 1.82) is 0 Å². The number of benzene rings is 2. The topological polar surface area (TPSA) is 108 Å². The minimum Gasteiger partial charge on any atom is -0.487 e. The second kappa shape index (κ2) is 9.50. The number of hydrogen-bond donors (Lipinski definition) is 1. The van der Waals surface area contributed by atoms with Crippen molar-refractivity contribution in [3.8, 4) is 5.75 Å². The molecule has 8 heteroatoms. The molecule has 1 amide bonds. The van der Waals surface area contributed by atoms with Gasteiger partial charge >= 0.3 is 11.7 Å². The molecule has 2 aromatic rings. The number of nitrogens with one attached hydrogen (secondary N) is 1. The van der Waals surface area contributed by atoms with Crippen LogP contribution < -0.4 is 10.1 Å². The van der Waals surface area contributed by atoms with Crippen LogP contribution in [-0.4, -0.2) is 29.5 Å². The van der Waals surface area contributed by atoms with Gasteiger partial charge in [-0.15, -0.1) is 0 Å². The third-order valence-electron chi connectivity index (χ3n) is 3.97. The molecule has 8 nitrogen and oxygen atoms in total. The van der Waals surface area contributed by atoms with Crippen LogP contribution in [0.4, 0.5) is 11.4 Å². The number of hydrogen-bond acceptors (Lipinski definition) is 6.